The third-order valence-corrected chi connectivity index (χ3v) is 7.25. The Bertz CT molecular complexity index is 813. The first-order valence-corrected chi connectivity index (χ1v) is 10.3. The van der Waals surface area contributed by atoms with Crippen LogP contribution in [0.3, 0.4) is 0 Å². The summed E-state index contributed by atoms with van der Waals surface area (Å²) in [7, 11) is 0. The molecule has 0 aliphatic heterocycles. The number of carbonyl (C=O) groups excluding carboxylic acids is 1. The molecular weight excluding hydrogens is 353 g/mol. The lowest BCUT2D eigenvalue weighted by Crippen LogP contribution is -2.70. The molecule has 4 bridgehead atoms. The summed E-state index contributed by atoms with van der Waals surface area (Å²) < 4.78 is 21.2. The highest BCUT2D eigenvalue weighted by Crippen LogP contribution is 2.61. The number of halogens is 1. The zero-order chi connectivity index (χ0) is 19.4. The van der Waals surface area contributed by atoms with E-state index in [0.717, 1.165) is 24.0 Å². The Hall–Kier alpha value is -2.20. The maximum absolute atomic E-state index is 15.1. The van der Waals surface area contributed by atoms with Gasteiger partial charge in [-0.25, -0.2) is 4.39 Å². The van der Waals surface area contributed by atoms with E-state index in [1.54, 1.807) is 0 Å². The van der Waals surface area contributed by atoms with Crippen LogP contribution in [0.25, 0.3) is 0 Å². The molecule has 4 aliphatic carbocycles. The predicted octanol–water partition coefficient (Wildman–Crippen LogP) is 4.56. The molecule has 146 valence electrons. The van der Waals surface area contributed by atoms with E-state index in [1.165, 1.54) is 0 Å². The van der Waals surface area contributed by atoms with Crippen LogP contribution in [0.4, 0.5) is 4.39 Å². The third-order valence-electron chi connectivity index (χ3n) is 7.25. The van der Waals surface area contributed by atoms with E-state index in [-0.39, 0.29) is 17.8 Å². The summed E-state index contributed by atoms with van der Waals surface area (Å²) in [6.07, 6.45) is 2.61. The first kappa shape index (κ1) is 17.9. The predicted molar refractivity (Wildman–Crippen MR) is 105 cm³/mol. The van der Waals surface area contributed by atoms with Gasteiger partial charge in [0.1, 0.15) is 11.2 Å². The Morgan fingerprint density at radius 1 is 0.929 bits per heavy atom. The summed E-state index contributed by atoms with van der Waals surface area (Å²) in [5.41, 5.74) is 6.38. The minimum Gasteiger partial charge on any atom is -0.451 e. The molecule has 0 unspecified atom stereocenters. The van der Waals surface area contributed by atoms with Crippen LogP contribution in [0.2, 0.25) is 0 Å². The molecule has 4 saturated carbocycles. The fraction of sp³-hybridized carbons (Fsp3) is 0.458. The van der Waals surface area contributed by atoms with E-state index in [9.17, 15) is 4.79 Å². The van der Waals surface area contributed by atoms with Gasteiger partial charge in [-0.1, -0.05) is 60.7 Å². The van der Waals surface area contributed by atoms with E-state index in [4.69, 9.17) is 10.5 Å². The maximum atomic E-state index is 15.1. The van der Waals surface area contributed by atoms with Crippen LogP contribution in [-0.2, 0) is 9.53 Å². The Labute approximate surface area is 165 Å². The van der Waals surface area contributed by atoms with Crippen molar-refractivity contribution in [3.8, 4) is 0 Å². The van der Waals surface area contributed by atoms with Crippen molar-refractivity contribution in [1.82, 2.24) is 0 Å². The number of ether oxygens (including phenoxy) is 1. The van der Waals surface area contributed by atoms with Gasteiger partial charge in [-0.3, -0.25) is 4.79 Å². The van der Waals surface area contributed by atoms with Crippen LogP contribution >= 0.6 is 0 Å². The fourth-order valence-corrected chi connectivity index (χ4v) is 6.07. The molecule has 0 amide bonds. The molecule has 4 heteroatoms. The molecule has 3 nitrogen and oxygen atoms in total. The molecule has 2 aromatic carbocycles. The quantitative estimate of drug-likeness (QED) is 0.792. The smallest absolute Gasteiger partial charge is 0.327 e. The van der Waals surface area contributed by atoms with Crippen molar-refractivity contribution < 1.29 is 13.9 Å². The number of hydrogen-bond donors (Lipinski definition) is 1. The van der Waals surface area contributed by atoms with Crippen LogP contribution in [-0.4, -0.2) is 17.2 Å². The second-order valence-corrected chi connectivity index (χ2v) is 9.03. The normalized spacial score (nSPS) is 35.9. The van der Waals surface area contributed by atoms with Gasteiger partial charge in [0.05, 0.1) is 0 Å². The molecule has 2 aromatic rings. The number of rotatable bonds is 4. The lowest BCUT2D eigenvalue weighted by molar-refractivity contribution is -0.179. The topological polar surface area (TPSA) is 52.3 Å². The van der Waals surface area contributed by atoms with Crippen molar-refractivity contribution >= 4 is 5.97 Å². The van der Waals surface area contributed by atoms with E-state index in [1.807, 2.05) is 60.7 Å². The molecule has 0 heterocycles. The first-order valence-electron chi connectivity index (χ1n) is 10.3. The molecule has 6 rings (SSSR count). The van der Waals surface area contributed by atoms with Crippen molar-refractivity contribution in [1.29, 1.82) is 0 Å². The Morgan fingerprint density at radius 3 is 1.89 bits per heavy atom. The highest BCUT2D eigenvalue weighted by Gasteiger charge is 2.65. The minimum atomic E-state index is -1.13. The van der Waals surface area contributed by atoms with Crippen molar-refractivity contribution in [2.75, 3.05) is 0 Å². The third kappa shape index (κ3) is 2.77. The van der Waals surface area contributed by atoms with Gasteiger partial charge in [-0.05, 0) is 61.0 Å². The van der Waals surface area contributed by atoms with Crippen LogP contribution in [0.1, 0.15) is 49.3 Å². The lowest BCUT2D eigenvalue weighted by atomic mass is 9.48. The second kappa shape index (κ2) is 6.41. The van der Waals surface area contributed by atoms with E-state index in [0.29, 0.717) is 25.2 Å². The van der Waals surface area contributed by atoms with Gasteiger partial charge in [0.25, 0.3) is 0 Å². The molecule has 28 heavy (non-hydrogen) atoms. The lowest BCUT2D eigenvalue weighted by Gasteiger charge is -2.60. The SMILES string of the molecule is N[C@]1(C(=O)OC(c2ccccc2)c2ccccc2)[C@H]2CC3C[C@H]1C[C@@](F)(C3)C2. The van der Waals surface area contributed by atoms with E-state index in [2.05, 4.69) is 0 Å². The average molecular weight is 379 g/mol. The van der Waals surface area contributed by atoms with Crippen LogP contribution in [0.5, 0.6) is 0 Å². The Morgan fingerprint density at radius 2 is 1.43 bits per heavy atom. The molecule has 0 radical (unpaired) electrons. The fourth-order valence-electron chi connectivity index (χ4n) is 6.07. The van der Waals surface area contributed by atoms with Gasteiger partial charge in [0, 0.05) is 0 Å². The Kier molecular flexibility index (Phi) is 4.09. The first-order chi connectivity index (χ1) is 13.5. The second-order valence-electron chi connectivity index (χ2n) is 9.03. The molecule has 4 aliphatic rings. The highest BCUT2D eigenvalue weighted by atomic mass is 19.1. The Balaban J connectivity index is 1.46. The molecule has 2 N–H and O–H groups in total. The van der Waals surface area contributed by atoms with Crippen LogP contribution in [0.15, 0.2) is 60.7 Å². The van der Waals surface area contributed by atoms with Crippen LogP contribution < -0.4 is 5.73 Å². The minimum absolute atomic E-state index is 0.122. The summed E-state index contributed by atoms with van der Waals surface area (Å²) >= 11 is 0. The summed E-state index contributed by atoms with van der Waals surface area (Å²) in [5.74, 6) is -0.250. The molecule has 4 fully saturated rings. The van der Waals surface area contributed by atoms with E-state index < -0.39 is 17.3 Å². The molecule has 2 atom stereocenters. The standard InChI is InChI=1S/C24H26FNO2/c25-23-13-16-11-19(14-23)24(26,20(12-16)15-23)22(27)28-21(17-7-3-1-4-8-17)18-9-5-2-6-10-18/h1-10,16,19-21H,11-15,26H2/t16?,19-,20-,23-,24-/m0/s1. The zero-order valence-corrected chi connectivity index (χ0v) is 15.9. The zero-order valence-electron chi connectivity index (χ0n) is 15.9. The summed E-state index contributed by atoms with van der Waals surface area (Å²) in [5, 5.41) is 0. The molecule has 0 aromatic heterocycles. The van der Waals surface area contributed by atoms with Crippen molar-refractivity contribution in [3.05, 3.63) is 71.8 Å². The van der Waals surface area contributed by atoms with Gasteiger partial charge in [-0.2, -0.15) is 0 Å². The molecule has 0 saturated heterocycles. The van der Waals surface area contributed by atoms with E-state index >= 15 is 4.39 Å². The van der Waals surface area contributed by atoms with Gasteiger partial charge < -0.3 is 10.5 Å². The average Bonchev–Trinajstić information content (AvgIpc) is 2.70. The summed E-state index contributed by atoms with van der Waals surface area (Å²) in [6.45, 7) is 0. The van der Waals surface area contributed by atoms with Crippen molar-refractivity contribution in [2.45, 2.75) is 49.4 Å². The number of alkyl halides is 1. The number of nitrogens with two attached hydrogens (primary N) is 1. The highest BCUT2D eigenvalue weighted by molar-refractivity contribution is 5.82. The summed E-state index contributed by atoms with van der Waals surface area (Å²) in [4.78, 5) is 13.4. The van der Waals surface area contributed by atoms with Gasteiger partial charge in [0.15, 0.2) is 6.10 Å². The van der Waals surface area contributed by atoms with Crippen molar-refractivity contribution in [2.24, 2.45) is 23.5 Å². The van der Waals surface area contributed by atoms with Gasteiger partial charge in [0.2, 0.25) is 0 Å². The molecular formula is C24H26FNO2. The maximum Gasteiger partial charge on any atom is 0.327 e. The monoisotopic (exact) mass is 379 g/mol. The van der Waals surface area contributed by atoms with Crippen LogP contribution in [0, 0.1) is 17.8 Å². The summed E-state index contributed by atoms with van der Waals surface area (Å²) in [6, 6.07) is 19.5. The number of benzene rings is 2. The van der Waals surface area contributed by atoms with Gasteiger partial charge >= 0.3 is 5.97 Å². The number of esters is 1. The molecule has 0 spiro atoms. The number of hydrogen-bond acceptors (Lipinski definition) is 3. The van der Waals surface area contributed by atoms with Gasteiger partial charge in [-0.15, -0.1) is 0 Å². The number of carbonyl (C=O) groups is 1. The largest absolute Gasteiger partial charge is 0.451 e. The van der Waals surface area contributed by atoms with Crippen molar-refractivity contribution in [3.63, 3.8) is 0 Å².